The molecule has 0 unspecified atom stereocenters. The van der Waals surface area contributed by atoms with Crippen molar-refractivity contribution in [1.29, 1.82) is 0 Å². The van der Waals surface area contributed by atoms with Crippen LogP contribution in [0, 0.1) is 0 Å². The normalized spacial score (nSPS) is 12.9. The summed E-state index contributed by atoms with van der Waals surface area (Å²) in [7, 11) is 1.48. The summed E-state index contributed by atoms with van der Waals surface area (Å²) < 4.78 is 41.5. The van der Waals surface area contributed by atoms with Crippen molar-refractivity contribution in [2.45, 2.75) is 26.1 Å². The molecule has 0 aromatic carbocycles. The molecule has 0 saturated heterocycles. The number of hydrogen-bond donors (Lipinski definition) is 1. The van der Waals surface area contributed by atoms with Gasteiger partial charge in [0.25, 0.3) is 5.56 Å². The molecule has 1 N–H and O–H groups in total. The van der Waals surface area contributed by atoms with E-state index in [0.29, 0.717) is 12.0 Å². The largest absolute Gasteiger partial charge is 0.573 e. The van der Waals surface area contributed by atoms with Gasteiger partial charge in [0.05, 0.1) is 0 Å². The van der Waals surface area contributed by atoms with Crippen LogP contribution < -0.4 is 5.56 Å². The minimum absolute atomic E-state index is 0.254. The Balaban J connectivity index is 2.80. The maximum atomic E-state index is 12.2. The van der Waals surface area contributed by atoms with Gasteiger partial charge >= 0.3 is 6.36 Å². The maximum Gasteiger partial charge on any atom is 0.573 e. The average Bonchev–Trinajstić information content (AvgIpc) is 2.34. The van der Waals surface area contributed by atoms with Gasteiger partial charge < -0.3 is 14.4 Å². The summed E-state index contributed by atoms with van der Waals surface area (Å²) in [6.07, 6.45) is 1.40. The van der Waals surface area contributed by atoms with Crippen LogP contribution in [0.25, 0.3) is 0 Å². The van der Waals surface area contributed by atoms with E-state index in [0.717, 1.165) is 0 Å². The Labute approximate surface area is 119 Å². The van der Waals surface area contributed by atoms with Crippen molar-refractivity contribution in [3.63, 3.8) is 0 Å². The molecule has 0 saturated carbocycles. The van der Waals surface area contributed by atoms with E-state index in [9.17, 15) is 23.1 Å². The number of alkyl halides is 3. The monoisotopic (exact) mass is 303 g/mol. The van der Waals surface area contributed by atoms with Crippen LogP contribution in [-0.2, 0) is 18.2 Å². The Bertz CT molecular complexity index is 574. The summed E-state index contributed by atoms with van der Waals surface area (Å²) >= 11 is 0. The zero-order chi connectivity index (χ0) is 16.0. The number of rotatable bonds is 5. The first-order valence-corrected chi connectivity index (χ1v) is 6.24. The number of hydrogen-bond acceptors (Lipinski definition) is 3. The first-order chi connectivity index (χ1) is 9.73. The maximum absolute atomic E-state index is 12.2. The molecular weight excluding hydrogens is 287 g/mol. The fourth-order valence-corrected chi connectivity index (χ4v) is 1.66. The van der Waals surface area contributed by atoms with Crippen molar-refractivity contribution >= 4 is 0 Å². The van der Waals surface area contributed by atoms with E-state index in [4.69, 9.17) is 0 Å². The zero-order valence-electron chi connectivity index (χ0n) is 11.6. The van der Waals surface area contributed by atoms with Gasteiger partial charge in [-0.05, 0) is 36.6 Å². The van der Waals surface area contributed by atoms with Gasteiger partial charge in [0.2, 0.25) is 0 Å². The van der Waals surface area contributed by atoms with Crippen molar-refractivity contribution in [3.8, 4) is 5.75 Å². The zero-order valence-corrected chi connectivity index (χ0v) is 11.6. The Morgan fingerprint density at radius 3 is 2.67 bits per heavy atom. The fourth-order valence-electron chi connectivity index (χ4n) is 1.66. The Morgan fingerprint density at radius 1 is 1.48 bits per heavy atom. The molecule has 0 radical (unpaired) electrons. The Morgan fingerprint density at radius 2 is 2.14 bits per heavy atom. The van der Waals surface area contributed by atoms with E-state index in [1.54, 1.807) is 6.92 Å². The molecule has 116 valence electrons. The SMILES string of the molecule is CC/C=C(\C=C/Cc1cc(O)c(=O)n(C)c1)OC(F)(F)F. The summed E-state index contributed by atoms with van der Waals surface area (Å²) in [6, 6.07) is 1.28. The molecule has 0 spiro atoms. The van der Waals surface area contributed by atoms with Crippen LogP contribution in [0.1, 0.15) is 18.9 Å². The molecule has 0 amide bonds. The quantitative estimate of drug-likeness (QED) is 0.672. The van der Waals surface area contributed by atoms with E-state index in [1.165, 1.54) is 42.1 Å². The average molecular weight is 303 g/mol. The standard InChI is InChI=1S/C14H16F3NO3/c1-3-5-11(21-14(15,16)17)7-4-6-10-8-12(19)13(20)18(2)9-10/h4-5,7-9,19H,3,6H2,1-2H3/b7-4-,11-5+. The van der Waals surface area contributed by atoms with Gasteiger partial charge in [0, 0.05) is 13.2 Å². The van der Waals surface area contributed by atoms with Crippen LogP contribution in [-0.4, -0.2) is 16.0 Å². The molecular formula is C14H16F3NO3. The molecule has 0 bridgehead atoms. The molecule has 1 rings (SSSR count). The third-order valence-electron chi connectivity index (χ3n) is 2.50. The van der Waals surface area contributed by atoms with E-state index in [-0.39, 0.29) is 12.2 Å². The Kier molecular flexibility index (Phi) is 5.63. The highest BCUT2D eigenvalue weighted by Gasteiger charge is 2.31. The second-order valence-electron chi connectivity index (χ2n) is 4.32. The van der Waals surface area contributed by atoms with Gasteiger partial charge in [-0.3, -0.25) is 4.79 Å². The number of aromatic hydroxyl groups is 1. The van der Waals surface area contributed by atoms with Gasteiger partial charge in [-0.15, -0.1) is 13.2 Å². The summed E-state index contributed by atoms with van der Waals surface area (Å²) in [6.45, 7) is 1.69. The lowest BCUT2D eigenvalue weighted by Gasteiger charge is -2.09. The van der Waals surface area contributed by atoms with E-state index in [1.807, 2.05) is 0 Å². The van der Waals surface area contributed by atoms with Crippen LogP contribution in [0.5, 0.6) is 5.75 Å². The highest BCUT2D eigenvalue weighted by Crippen LogP contribution is 2.21. The number of pyridine rings is 1. The first kappa shape index (κ1) is 16.9. The molecule has 4 nitrogen and oxygen atoms in total. The predicted octanol–water partition coefficient (Wildman–Crippen LogP) is 3.02. The second kappa shape index (κ2) is 7.01. The van der Waals surface area contributed by atoms with Gasteiger partial charge in [-0.1, -0.05) is 13.0 Å². The van der Waals surface area contributed by atoms with Crippen LogP contribution >= 0.6 is 0 Å². The van der Waals surface area contributed by atoms with Crippen LogP contribution in [0.2, 0.25) is 0 Å². The summed E-state index contributed by atoms with van der Waals surface area (Å²) in [5, 5.41) is 9.38. The molecule has 1 aromatic heterocycles. The third-order valence-corrected chi connectivity index (χ3v) is 2.50. The second-order valence-corrected chi connectivity index (χ2v) is 4.32. The predicted molar refractivity (Wildman–Crippen MR) is 71.7 cm³/mol. The van der Waals surface area contributed by atoms with Crippen LogP contribution in [0.15, 0.2) is 41.0 Å². The topological polar surface area (TPSA) is 51.5 Å². The third kappa shape index (κ3) is 5.76. The summed E-state index contributed by atoms with van der Waals surface area (Å²) in [4.78, 5) is 11.3. The number of aromatic nitrogens is 1. The van der Waals surface area contributed by atoms with Gasteiger partial charge in [-0.25, -0.2) is 0 Å². The first-order valence-electron chi connectivity index (χ1n) is 6.24. The van der Waals surface area contributed by atoms with E-state index >= 15 is 0 Å². The van der Waals surface area contributed by atoms with Crippen molar-refractivity contribution in [2.75, 3.05) is 0 Å². The number of aryl methyl sites for hydroxylation is 1. The lowest BCUT2D eigenvalue weighted by molar-refractivity contribution is -0.303. The highest BCUT2D eigenvalue weighted by atomic mass is 19.4. The molecule has 0 atom stereocenters. The van der Waals surface area contributed by atoms with Crippen molar-refractivity contribution in [2.24, 2.45) is 7.05 Å². The van der Waals surface area contributed by atoms with Crippen LogP contribution in [0.4, 0.5) is 13.2 Å². The highest BCUT2D eigenvalue weighted by molar-refractivity contribution is 5.25. The number of nitrogens with zero attached hydrogens (tertiary/aromatic N) is 1. The van der Waals surface area contributed by atoms with Gasteiger partial charge in [-0.2, -0.15) is 0 Å². The van der Waals surface area contributed by atoms with Crippen molar-refractivity contribution in [1.82, 2.24) is 4.57 Å². The summed E-state index contributed by atoms with van der Waals surface area (Å²) in [5.41, 5.74) is 0.0587. The molecule has 0 aliphatic carbocycles. The smallest absolute Gasteiger partial charge is 0.503 e. The minimum atomic E-state index is -4.74. The molecule has 0 aliphatic rings. The fraction of sp³-hybridized carbons (Fsp3) is 0.357. The molecule has 0 aliphatic heterocycles. The number of allylic oxidation sites excluding steroid dienone is 3. The number of ether oxygens (including phenoxy) is 1. The molecule has 21 heavy (non-hydrogen) atoms. The Hall–Kier alpha value is -2.18. The van der Waals surface area contributed by atoms with Crippen molar-refractivity contribution < 1.29 is 23.0 Å². The van der Waals surface area contributed by atoms with Crippen molar-refractivity contribution in [3.05, 3.63) is 52.2 Å². The van der Waals surface area contributed by atoms with E-state index < -0.39 is 17.7 Å². The molecule has 0 fully saturated rings. The lowest BCUT2D eigenvalue weighted by atomic mass is 10.2. The minimum Gasteiger partial charge on any atom is -0.503 e. The lowest BCUT2D eigenvalue weighted by Crippen LogP contribution is -2.15. The van der Waals surface area contributed by atoms with E-state index in [2.05, 4.69) is 4.74 Å². The number of halogens is 3. The molecule has 1 heterocycles. The summed E-state index contributed by atoms with van der Waals surface area (Å²) in [5.74, 6) is -0.696. The van der Waals surface area contributed by atoms with Crippen LogP contribution in [0.3, 0.4) is 0 Å². The van der Waals surface area contributed by atoms with Gasteiger partial charge in [0.1, 0.15) is 5.76 Å². The van der Waals surface area contributed by atoms with Gasteiger partial charge in [0.15, 0.2) is 5.75 Å². The molecule has 7 heteroatoms. The molecule has 1 aromatic rings.